The number of hydrogen-bond donors (Lipinski definition) is 2. The molecule has 0 aliphatic carbocycles. The van der Waals surface area contributed by atoms with Crippen molar-refractivity contribution < 1.29 is 14.3 Å². The van der Waals surface area contributed by atoms with E-state index in [0.29, 0.717) is 23.1 Å². The first-order valence-corrected chi connectivity index (χ1v) is 11.2. The van der Waals surface area contributed by atoms with Gasteiger partial charge in [-0.2, -0.15) is 0 Å². The Morgan fingerprint density at radius 3 is 2.66 bits per heavy atom. The van der Waals surface area contributed by atoms with Crippen LogP contribution in [0.1, 0.15) is 5.56 Å². The highest BCUT2D eigenvalue weighted by Crippen LogP contribution is 2.31. The molecule has 0 saturated heterocycles. The zero-order valence-electron chi connectivity index (χ0n) is 17.9. The van der Waals surface area contributed by atoms with E-state index in [4.69, 9.17) is 9.47 Å². The number of fused-ring (bicyclic) bond motifs is 1. The summed E-state index contributed by atoms with van der Waals surface area (Å²) in [5.74, 6) is 1.56. The predicted molar refractivity (Wildman–Crippen MR) is 126 cm³/mol. The molecule has 0 spiro atoms. The number of hydrogen-bond acceptors (Lipinski definition) is 6. The summed E-state index contributed by atoms with van der Waals surface area (Å²) in [5, 5.41) is 13.4. The molecule has 2 aromatic heterocycles. The number of ether oxygens (including phenoxy) is 2. The van der Waals surface area contributed by atoms with E-state index in [0.717, 1.165) is 23.2 Å². The highest BCUT2D eigenvalue weighted by Gasteiger charge is 2.09. The van der Waals surface area contributed by atoms with Crippen molar-refractivity contribution >= 4 is 28.6 Å². The first-order valence-electron chi connectivity index (χ1n) is 10.2. The summed E-state index contributed by atoms with van der Waals surface area (Å²) in [6.45, 7) is 0.588. The van der Waals surface area contributed by atoms with E-state index in [1.165, 1.54) is 22.7 Å². The van der Waals surface area contributed by atoms with Gasteiger partial charge in [0, 0.05) is 29.2 Å². The van der Waals surface area contributed by atoms with E-state index in [1.807, 2.05) is 54.7 Å². The lowest BCUT2D eigenvalue weighted by Gasteiger charge is -2.09. The minimum atomic E-state index is -0.0272. The number of aromatic nitrogens is 3. The monoisotopic (exact) mass is 448 g/mol. The Balaban J connectivity index is 1.27. The van der Waals surface area contributed by atoms with E-state index >= 15 is 0 Å². The zero-order valence-corrected chi connectivity index (χ0v) is 18.7. The van der Waals surface area contributed by atoms with Crippen LogP contribution in [0.5, 0.6) is 11.5 Å². The second-order valence-corrected chi connectivity index (χ2v) is 8.07. The number of para-hydroxylation sites is 1. The summed E-state index contributed by atoms with van der Waals surface area (Å²) < 4.78 is 10.6. The van der Waals surface area contributed by atoms with Crippen molar-refractivity contribution in [1.29, 1.82) is 0 Å². The molecule has 0 aliphatic rings. The van der Waals surface area contributed by atoms with Crippen molar-refractivity contribution in [2.75, 3.05) is 26.5 Å². The van der Waals surface area contributed by atoms with Crippen molar-refractivity contribution in [2.45, 2.75) is 11.4 Å². The molecule has 0 bridgehead atoms. The number of nitrogens with one attached hydrogen (secondary N) is 2. The smallest absolute Gasteiger partial charge is 0.230 e. The van der Waals surface area contributed by atoms with Crippen LogP contribution in [-0.4, -0.2) is 47.6 Å². The SMILES string of the molecule is COc1ccc(-c2ccc(SCC(=O)NCCc3c[nH]c4ccccc34)nn2)cc1OC. The Morgan fingerprint density at radius 2 is 1.88 bits per heavy atom. The van der Waals surface area contributed by atoms with Crippen molar-refractivity contribution in [3.8, 4) is 22.8 Å². The van der Waals surface area contributed by atoms with Crippen molar-refractivity contribution in [1.82, 2.24) is 20.5 Å². The van der Waals surface area contributed by atoms with Crippen LogP contribution < -0.4 is 14.8 Å². The number of aromatic amines is 1. The maximum atomic E-state index is 12.2. The van der Waals surface area contributed by atoms with Crippen LogP contribution in [0.2, 0.25) is 0 Å². The van der Waals surface area contributed by atoms with Gasteiger partial charge >= 0.3 is 0 Å². The fourth-order valence-corrected chi connectivity index (χ4v) is 4.06. The van der Waals surface area contributed by atoms with Crippen LogP contribution in [-0.2, 0) is 11.2 Å². The van der Waals surface area contributed by atoms with Crippen LogP contribution in [0.25, 0.3) is 22.2 Å². The topological polar surface area (TPSA) is 89.1 Å². The Kier molecular flexibility index (Phi) is 6.91. The molecule has 4 aromatic rings. The van der Waals surface area contributed by atoms with Gasteiger partial charge in [0.1, 0.15) is 5.03 Å². The Labute approximate surface area is 190 Å². The van der Waals surface area contributed by atoms with Gasteiger partial charge in [0.25, 0.3) is 0 Å². The lowest BCUT2D eigenvalue weighted by atomic mass is 10.1. The van der Waals surface area contributed by atoms with Gasteiger partial charge in [0.15, 0.2) is 11.5 Å². The van der Waals surface area contributed by atoms with Gasteiger partial charge in [-0.15, -0.1) is 10.2 Å². The van der Waals surface area contributed by atoms with Gasteiger partial charge in [-0.3, -0.25) is 4.79 Å². The summed E-state index contributed by atoms with van der Waals surface area (Å²) in [7, 11) is 3.19. The molecule has 2 aromatic carbocycles. The fourth-order valence-electron chi connectivity index (χ4n) is 3.41. The Morgan fingerprint density at radius 1 is 1.03 bits per heavy atom. The van der Waals surface area contributed by atoms with Crippen molar-refractivity contribution in [3.63, 3.8) is 0 Å². The number of methoxy groups -OCH3 is 2. The third kappa shape index (κ3) is 5.03. The average Bonchev–Trinajstić information content (AvgIpc) is 3.25. The molecule has 164 valence electrons. The molecule has 0 saturated carbocycles. The van der Waals surface area contributed by atoms with Gasteiger partial charge in [0.05, 0.1) is 25.7 Å². The largest absolute Gasteiger partial charge is 0.493 e. The van der Waals surface area contributed by atoms with Gasteiger partial charge < -0.3 is 19.8 Å². The first-order chi connectivity index (χ1) is 15.7. The number of H-pyrrole nitrogens is 1. The van der Waals surface area contributed by atoms with Crippen molar-refractivity contribution in [2.24, 2.45) is 0 Å². The minimum Gasteiger partial charge on any atom is -0.493 e. The standard InChI is InChI=1S/C24H24N4O3S/c1-30-21-9-7-16(13-22(21)31-2)19-8-10-24(28-27-19)32-15-23(29)25-12-11-17-14-26-20-6-4-3-5-18(17)20/h3-10,13-14,26H,11-12,15H2,1-2H3,(H,25,29). The second kappa shape index (κ2) is 10.2. The van der Waals surface area contributed by atoms with Gasteiger partial charge in [-0.05, 0) is 48.4 Å². The summed E-state index contributed by atoms with van der Waals surface area (Å²) in [4.78, 5) is 15.5. The Bertz CT molecular complexity index is 1210. The zero-order chi connectivity index (χ0) is 22.3. The van der Waals surface area contributed by atoms with Crippen LogP contribution in [0.15, 0.2) is 65.8 Å². The number of amides is 1. The summed E-state index contributed by atoms with van der Waals surface area (Å²) in [5.41, 5.74) is 3.91. The van der Waals surface area contributed by atoms with Gasteiger partial charge in [-0.1, -0.05) is 30.0 Å². The highest BCUT2D eigenvalue weighted by atomic mass is 32.2. The molecule has 2 N–H and O–H groups in total. The van der Waals surface area contributed by atoms with E-state index in [9.17, 15) is 4.79 Å². The van der Waals surface area contributed by atoms with Crippen LogP contribution in [0, 0.1) is 0 Å². The highest BCUT2D eigenvalue weighted by molar-refractivity contribution is 7.99. The maximum absolute atomic E-state index is 12.2. The third-order valence-corrected chi connectivity index (χ3v) is 5.98. The Hall–Kier alpha value is -3.52. The van der Waals surface area contributed by atoms with Crippen LogP contribution in [0.4, 0.5) is 0 Å². The van der Waals surface area contributed by atoms with Gasteiger partial charge in [0.2, 0.25) is 5.91 Å². The first kappa shape index (κ1) is 21.7. The summed E-state index contributed by atoms with van der Waals surface area (Å²) in [6, 6.07) is 17.5. The summed E-state index contributed by atoms with van der Waals surface area (Å²) >= 11 is 1.36. The quantitative estimate of drug-likeness (QED) is 0.375. The lowest BCUT2D eigenvalue weighted by Crippen LogP contribution is -2.27. The number of rotatable bonds is 9. The molecule has 0 fully saturated rings. The molecule has 7 nitrogen and oxygen atoms in total. The predicted octanol–water partition coefficient (Wildman–Crippen LogP) is 4.09. The number of benzene rings is 2. The van der Waals surface area contributed by atoms with E-state index < -0.39 is 0 Å². The number of carbonyl (C=O) groups excluding carboxylic acids is 1. The second-order valence-electron chi connectivity index (χ2n) is 7.07. The van der Waals surface area contributed by atoms with E-state index in [1.54, 1.807) is 14.2 Å². The van der Waals surface area contributed by atoms with Crippen LogP contribution >= 0.6 is 11.8 Å². The molecular formula is C24H24N4O3S. The molecule has 1 amide bonds. The molecule has 2 heterocycles. The molecule has 0 unspecified atom stereocenters. The molecule has 32 heavy (non-hydrogen) atoms. The fraction of sp³-hybridized carbons (Fsp3) is 0.208. The average molecular weight is 449 g/mol. The lowest BCUT2D eigenvalue weighted by molar-refractivity contribution is -0.118. The summed E-state index contributed by atoms with van der Waals surface area (Å²) in [6.07, 6.45) is 2.78. The number of nitrogens with zero attached hydrogens (tertiary/aromatic N) is 2. The van der Waals surface area contributed by atoms with Crippen molar-refractivity contribution in [3.05, 3.63) is 66.4 Å². The van der Waals surface area contributed by atoms with Gasteiger partial charge in [-0.25, -0.2) is 0 Å². The molecule has 0 atom stereocenters. The molecule has 8 heteroatoms. The molecule has 0 aliphatic heterocycles. The minimum absolute atomic E-state index is 0.0272. The van der Waals surface area contributed by atoms with E-state index in [2.05, 4.69) is 26.6 Å². The normalized spacial score (nSPS) is 10.8. The molecular weight excluding hydrogens is 424 g/mol. The number of carbonyl (C=O) groups is 1. The third-order valence-electron chi connectivity index (χ3n) is 5.06. The molecule has 0 radical (unpaired) electrons. The van der Waals surface area contributed by atoms with E-state index in [-0.39, 0.29) is 11.7 Å². The van der Waals surface area contributed by atoms with Crippen LogP contribution in [0.3, 0.4) is 0 Å². The maximum Gasteiger partial charge on any atom is 0.230 e. The molecule has 4 rings (SSSR count). The number of thioether (sulfide) groups is 1.